The lowest BCUT2D eigenvalue weighted by Gasteiger charge is -2.29. The Bertz CT molecular complexity index is 1250. The number of ether oxygens (including phenoxy) is 5. The van der Waals surface area contributed by atoms with Crippen LogP contribution in [0.2, 0.25) is 0 Å². The van der Waals surface area contributed by atoms with E-state index in [2.05, 4.69) is 4.90 Å². The minimum atomic E-state index is -0.938. The van der Waals surface area contributed by atoms with Crippen LogP contribution < -0.4 is 23.7 Å². The van der Waals surface area contributed by atoms with E-state index < -0.39 is 17.7 Å². The van der Waals surface area contributed by atoms with Crippen LogP contribution in [0.15, 0.2) is 35.9 Å². The molecule has 3 aliphatic rings. The average Bonchev–Trinajstić information content (AvgIpc) is 3.67. The first-order chi connectivity index (χ1) is 18.0. The van der Waals surface area contributed by atoms with Gasteiger partial charge in [-0.25, -0.2) is 0 Å². The Kier molecular flexibility index (Phi) is 6.84. The lowest BCUT2D eigenvalue weighted by molar-refractivity contribution is -0.140. The first kappa shape index (κ1) is 24.8. The van der Waals surface area contributed by atoms with Gasteiger partial charge in [-0.15, -0.1) is 0 Å². The average molecular weight is 511 g/mol. The van der Waals surface area contributed by atoms with Crippen LogP contribution in [-0.4, -0.2) is 80.9 Å². The summed E-state index contributed by atoms with van der Waals surface area (Å²) in [6, 6.07) is 7.45. The number of fused-ring (bicyclic) bond motifs is 1. The molecule has 37 heavy (non-hydrogen) atoms. The van der Waals surface area contributed by atoms with Gasteiger partial charge in [0.1, 0.15) is 11.5 Å². The lowest BCUT2D eigenvalue weighted by Crippen LogP contribution is -2.37. The molecule has 0 spiro atoms. The highest BCUT2D eigenvalue weighted by Crippen LogP contribution is 2.53. The number of amides is 1. The van der Waals surface area contributed by atoms with Crippen molar-refractivity contribution in [2.75, 3.05) is 54.3 Å². The fourth-order valence-corrected chi connectivity index (χ4v) is 5.23. The van der Waals surface area contributed by atoms with Crippen molar-refractivity contribution < 1.29 is 38.4 Å². The van der Waals surface area contributed by atoms with Gasteiger partial charge in [-0.3, -0.25) is 9.59 Å². The molecule has 3 heterocycles. The van der Waals surface area contributed by atoms with Gasteiger partial charge in [0.2, 0.25) is 18.3 Å². The Morgan fingerprint density at radius 2 is 1.76 bits per heavy atom. The molecule has 2 aromatic rings. The number of rotatable bonds is 8. The van der Waals surface area contributed by atoms with Gasteiger partial charge in [-0.2, -0.15) is 0 Å². The van der Waals surface area contributed by atoms with E-state index in [9.17, 15) is 14.7 Å². The molecule has 0 aliphatic carbocycles. The van der Waals surface area contributed by atoms with Crippen LogP contribution in [0.1, 0.15) is 30.0 Å². The molecule has 5 rings (SSSR count). The molecule has 10 nitrogen and oxygen atoms in total. The zero-order valence-corrected chi connectivity index (χ0v) is 21.1. The number of carbonyl (C=O) groups excluding carboxylic acids is 2. The molecule has 1 N–H and O–H groups in total. The summed E-state index contributed by atoms with van der Waals surface area (Å²) in [6.07, 6.45) is 2.20. The zero-order valence-electron chi connectivity index (χ0n) is 21.1. The molecule has 0 saturated carbocycles. The fourth-order valence-electron chi connectivity index (χ4n) is 5.23. The molecule has 196 valence electrons. The maximum absolute atomic E-state index is 13.5. The summed E-state index contributed by atoms with van der Waals surface area (Å²) in [4.78, 5) is 30.6. The second-order valence-electron chi connectivity index (χ2n) is 9.04. The number of ketones is 1. The second kappa shape index (κ2) is 10.2. The molecule has 10 heteroatoms. The first-order valence-electron chi connectivity index (χ1n) is 12.2. The zero-order chi connectivity index (χ0) is 26.1. The van der Waals surface area contributed by atoms with Gasteiger partial charge in [0.25, 0.3) is 11.7 Å². The Balaban J connectivity index is 1.68. The van der Waals surface area contributed by atoms with Crippen molar-refractivity contribution in [3.8, 4) is 28.7 Å². The van der Waals surface area contributed by atoms with Gasteiger partial charge in [0.15, 0.2) is 11.5 Å². The van der Waals surface area contributed by atoms with E-state index in [0.29, 0.717) is 53.0 Å². The van der Waals surface area contributed by atoms with Gasteiger partial charge in [-0.1, -0.05) is 12.1 Å². The van der Waals surface area contributed by atoms with Crippen molar-refractivity contribution in [2.24, 2.45) is 0 Å². The molecule has 3 aliphatic heterocycles. The summed E-state index contributed by atoms with van der Waals surface area (Å²) in [5, 5.41) is 11.4. The van der Waals surface area contributed by atoms with E-state index >= 15 is 0 Å². The third kappa shape index (κ3) is 4.31. The van der Waals surface area contributed by atoms with Crippen molar-refractivity contribution in [1.29, 1.82) is 0 Å². The molecule has 2 aromatic carbocycles. The molecule has 0 bridgehead atoms. The summed E-state index contributed by atoms with van der Waals surface area (Å²) in [5.41, 5.74) is 0.765. The second-order valence-corrected chi connectivity index (χ2v) is 9.04. The Hall–Kier alpha value is -3.92. The highest BCUT2D eigenvalue weighted by Gasteiger charge is 2.48. The first-order valence-corrected chi connectivity index (χ1v) is 12.2. The van der Waals surface area contributed by atoms with Crippen LogP contribution in [-0.2, 0) is 9.59 Å². The molecule has 2 saturated heterocycles. The predicted molar refractivity (Wildman–Crippen MR) is 133 cm³/mol. The topological polar surface area (TPSA) is 107 Å². The van der Waals surface area contributed by atoms with E-state index in [1.54, 1.807) is 30.3 Å². The monoisotopic (exact) mass is 510 g/mol. The van der Waals surface area contributed by atoms with Crippen LogP contribution in [0.3, 0.4) is 0 Å². The van der Waals surface area contributed by atoms with Gasteiger partial charge >= 0.3 is 0 Å². The Morgan fingerprint density at radius 1 is 1.00 bits per heavy atom. The van der Waals surface area contributed by atoms with Crippen LogP contribution >= 0.6 is 0 Å². The Labute approximate surface area is 214 Å². The third-order valence-corrected chi connectivity index (χ3v) is 7.04. The summed E-state index contributed by atoms with van der Waals surface area (Å²) >= 11 is 0. The number of methoxy groups -OCH3 is 3. The number of likely N-dealkylation sites (tertiary alicyclic amines) is 2. The predicted octanol–water partition coefficient (Wildman–Crippen LogP) is 2.96. The molecular formula is C27H30N2O8. The number of aliphatic hydroxyl groups excluding tert-OH is 1. The number of hydrogen-bond acceptors (Lipinski definition) is 9. The number of hydrogen-bond donors (Lipinski definition) is 1. The Morgan fingerprint density at radius 3 is 2.46 bits per heavy atom. The molecule has 2 fully saturated rings. The lowest BCUT2D eigenvalue weighted by atomic mass is 9.93. The fraction of sp³-hybridized carbons (Fsp3) is 0.407. The summed E-state index contributed by atoms with van der Waals surface area (Å²) < 4.78 is 27.8. The number of carbonyl (C=O) groups is 2. The smallest absolute Gasteiger partial charge is 0.295 e. The van der Waals surface area contributed by atoms with E-state index in [1.807, 2.05) is 0 Å². The van der Waals surface area contributed by atoms with Crippen LogP contribution in [0.5, 0.6) is 28.7 Å². The maximum Gasteiger partial charge on any atom is 0.295 e. The summed E-state index contributed by atoms with van der Waals surface area (Å²) in [5.74, 6) is 0.109. The number of Topliss-reactive ketones (excluding diaryl/α,β-unsaturated/α-hetero) is 1. The molecule has 0 aromatic heterocycles. The van der Waals surface area contributed by atoms with E-state index in [4.69, 9.17) is 23.7 Å². The van der Waals surface area contributed by atoms with Crippen molar-refractivity contribution in [3.63, 3.8) is 0 Å². The maximum atomic E-state index is 13.5. The normalized spacial score (nSPS) is 20.5. The minimum Gasteiger partial charge on any atom is -0.507 e. The molecule has 1 atom stereocenters. The van der Waals surface area contributed by atoms with Crippen LogP contribution in [0.25, 0.3) is 5.76 Å². The SMILES string of the molecule is COc1cccc(C(O)=C2C(=O)C(=O)N(CCN3CCCC3)[C@H]2c2cc3c(c(OC)c2OC)OCO3)c1. The standard InChI is InChI=1S/C27H30N2O8/c1-33-17-8-6-7-16(13-17)22(30)20-21(29(27(32)23(20)31)12-11-28-9-4-5-10-28)18-14-19-25(37-15-36-19)26(35-3)24(18)34-2/h6-8,13-14,21,30H,4-5,9-12,15H2,1-3H3/t21-/m0/s1. The highest BCUT2D eigenvalue weighted by molar-refractivity contribution is 6.46. The number of nitrogens with zero attached hydrogens (tertiary/aromatic N) is 2. The third-order valence-electron chi connectivity index (χ3n) is 7.04. The van der Waals surface area contributed by atoms with Crippen molar-refractivity contribution in [3.05, 3.63) is 47.0 Å². The molecule has 0 radical (unpaired) electrons. The van der Waals surface area contributed by atoms with Crippen molar-refractivity contribution in [1.82, 2.24) is 9.80 Å². The largest absolute Gasteiger partial charge is 0.507 e. The van der Waals surface area contributed by atoms with Crippen LogP contribution in [0.4, 0.5) is 0 Å². The van der Waals surface area contributed by atoms with Crippen molar-refractivity contribution in [2.45, 2.75) is 18.9 Å². The minimum absolute atomic E-state index is 0.00272. The van der Waals surface area contributed by atoms with Gasteiger partial charge in [0, 0.05) is 24.2 Å². The highest BCUT2D eigenvalue weighted by atomic mass is 16.7. The van der Waals surface area contributed by atoms with E-state index in [-0.39, 0.29) is 18.1 Å². The van der Waals surface area contributed by atoms with Gasteiger partial charge in [0.05, 0.1) is 32.9 Å². The van der Waals surface area contributed by atoms with Crippen molar-refractivity contribution >= 4 is 17.4 Å². The van der Waals surface area contributed by atoms with Crippen LogP contribution in [0, 0.1) is 0 Å². The van der Waals surface area contributed by atoms with E-state index in [1.165, 1.54) is 26.2 Å². The van der Waals surface area contributed by atoms with Gasteiger partial charge in [-0.05, 0) is 44.1 Å². The number of benzene rings is 2. The molecule has 1 amide bonds. The van der Waals surface area contributed by atoms with Gasteiger partial charge < -0.3 is 38.6 Å². The molecule has 0 unspecified atom stereocenters. The summed E-state index contributed by atoms with van der Waals surface area (Å²) in [7, 11) is 4.46. The molecular weight excluding hydrogens is 480 g/mol. The van der Waals surface area contributed by atoms with E-state index in [0.717, 1.165) is 25.9 Å². The number of aliphatic hydroxyl groups is 1. The quantitative estimate of drug-likeness (QED) is 0.326. The summed E-state index contributed by atoms with van der Waals surface area (Å²) in [6.45, 7) is 2.78.